The Balaban J connectivity index is 1.39. The van der Waals surface area contributed by atoms with Gasteiger partial charge in [-0.2, -0.15) is 0 Å². The highest BCUT2D eigenvalue weighted by Crippen LogP contribution is 2.34. The fourth-order valence-corrected chi connectivity index (χ4v) is 4.45. The maximum absolute atomic E-state index is 13.0. The monoisotopic (exact) mass is 395 g/mol. The number of amides is 2. The number of hydrogen-bond acceptors (Lipinski definition) is 4. The minimum Gasteiger partial charge on any atom is -0.441 e. The summed E-state index contributed by atoms with van der Waals surface area (Å²) in [6, 6.07) is 9.54. The van der Waals surface area contributed by atoms with Crippen molar-refractivity contribution in [2.45, 2.75) is 45.1 Å². The van der Waals surface area contributed by atoms with E-state index < -0.39 is 5.60 Å². The number of aromatic nitrogens is 1. The molecule has 0 radical (unpaired) electrons. The highest BCUT2D eigenvalue weighted by Gasteiger charge is 2.47. The van der Waals surface area contributed by atoms with Gasteiger partial charge in [0.15, 0.2) is 0 Å². The van der Waals surface area contributed by atoms with Gasteiger partial charge < -0.3 is 14.5 Å². The number of pyridine rings is 1. The number of carbonyl (C=O) groups is 2. The van der Waals surface area contributed by atoms with E-state index in [1.165, 1.54) is 0 Å². The highest BCUT2D eigenvalue weighted by molar-refractivity contribution is 5.97. The van der Waals surface area contributed by atoms with Crippen LogP contribution in [0.3, 0.4) is 0 Å². The lowest BCUT2D eigenvalue weighted by molar-refractivity contribution is 0.00312. The molecule has 0 unspecified atom stereocenters. The van der Waals surface area contributed by atoms with Gasteiger partial charge in [-0.1, -0.05) is 38.8 Å². The number of likely N-dealkylation sites (tertiary alicyclic amines) is 1. The molecule has 29 heavy (non-hydrogen) atoms. The summed E-state index contributed by atoms with van der Waals surface area (Å²) in [5.74, 6) is 0.534. The van der Waals surface area contributed by atoms with Crippen molar-refractivity contribution in [2.75, 3.05) is 26.2 Å². The summed E-state index contributed by atoms with van der Waals surface area (Å²) in [5.41, 5.74) is 1.05. The second kappa shape index (κ2) is 8.01. The Morgan fingerprint density at radius 2 is 1.97 bits per heavy atom. The molecule has 2 aliphatic rings. The molecule has 2 amide bonds. The van der Waals surface area contributed by atoms with Crippen molar-refractivity contribution in [1.29, 1.82) is 0 Å². The maximum atomic E-state index is 13.0. The number of nitrogens with zero attached hydrogens (tertiary/aromatic N) is 3. The summed E-state index contributed by atoms with van der Waals surface area (Å²) in [6.07, 6.45) is 5.05. The van der Waals surface area contributed by atoms with Crippen LogP contribution in [-0.2, 0) is 4.74 Å². The predicted molar refractivity (Wildman–Crippen MR) is 112 cm³/mol. The molecule has 1 aromatic heterocycles. The van der Waals surface area contributed by atoms with Crippen LogP contribution in [-0.4, -0.2) is 58.6 Å². The van der Waals surface area contributed by atoms with E-state index in [1.807, 2.05) is 40.1 Å². The van der Waals surface area contributed by atoms with Crippen LogP contribution in [0.2, 0.25) is 0 Å². The first kappa shape index (κ1) is 19.7. The van der Waals surface area contributed by atoms with Crippen molar-refractivity contribution in [3.8, 4) is 0 Å². The molecule has 0 saturated carbocycles. The average molecular weight is 396 g/mol. The van der Waals surface area contributed by atoms with Gasteiger partial charge >= 0.3 is 6.09 Å². The predicted octanol–water partition coefficient (Wildman–Crippen LogP) is 4.10. The van der Waals surface area contributed by atoms with Crippen LogP contribution in [0.4, 0.5) is 4.79 Å². The zero-order valence-electron chi connectivity index (χ0n) is 17.3. The fraction of sp³-hybridized carbons (Fsp3) is 0.522. The zero-order valence-corrected chi connectivity index (χ0v) is 17.3. The van der Waals surface area contributed by atoms with Gasteiger partial charge in [0.05, 0.1) is 12.1 Å². The molecule has 2 aliphatic heterocycles. The summed E-state index contributed by atoms with van der Waals surface area (Å²) in [4.78, 5) is 33.5. The van der Waals surface area contributed by atoms with Gasteiger partial charge in [-0.25, -0.2) is 4.79 Å². The van der Waals surface area contributed by atoms with Crippen LogP contribution >= 0.6 is 0 Å². The lowest BCUT2D eigenvalue weighted by Crippen LogP contribution is -2.48. The van der Waals surface area contributed by atoms with Crippen molar-refractivity contribution in [1.82, 2.24) is 14.8 Å². The Bertz CT molecular complexity index is 901. The third-order valence-electron chi connectivity index (χ3n) is 6.49. The van der Waals surface area contributed by atoms with Crippen LogP contribution < -0.4 is 0 Å². The average Bonchev–Trinajstić information content (AvgIpc) is 3.06. The zero-order chi connectivity index (χ0) is 20.4. The Labute approximate surface area is 171 Å². The largest absolute Gasteiger partial charge is 0.441 e. The fourth-order valence-electron chi connectivity index (χ4n) is 4.45. The summed E-state index contributed by atoms with van der Waals surface area (Å²) in [5, 5.41) is 1.03. The molecule has 0 bridgehead atoms. The van der Waals surface area contributed by atoms with Gasteiger partial charge in [-0.3, -0.25) is 9.78 Å². The summed E-state index contributed by atoms with van der Waals surface area (Å²) >= 11 is 0. The van der Waals surface area contributed by atoms with E-state index in [0.717, 1.165) is 30.3 Å². The molecular weight excluding hydrogens is 366 g/mol. The molecule has 1 spiro atoms. The van der Waals surface area contributed by atoms with Crippen LogP contribution in [0.15, 0.2) is 36.5 Å². The summed E-state index contributed by atoms with van der Waals surface area (Å²) in [7, 11) is 0. The molecule has 2 fully saturated rings. The first-order chi connectivity index (χ1) is 14.0. The molecule has 3 heterocycles. The summed E-state index contributed by atoms with van der Waals surface area (Å²) in [6.45, 7) is 6.94. The first-order valence-corrected chi connectivity index (χ1v) is 10.7. The second-order valence-electron chi connectivity index (χ2n) is 8.32. The number of carbonyl (C=O) groups excluding carboxylic acids is 2. The van der Waals surface area contributed by atoms with Gasteiger partial charge in [0.2, 0.25) is 0 Å². The molecule has 1 aromatic carbocycles. The molecule has 154 valence electrons. The Morgan fingerprint density at radius 3 is 2.69 bits per heavy atom. The van der Waals surface area contributed by atoms with Gasteiger partial charge in [0.25, 0.3) is 5.91 Å². The van der Waals surface area contributed by atoms with E-state index in [1.54, 1.807) is 6.20 Å². The first-order valence-electron chi connectivity index (χ1n) is 10.7. The third kappa shape index (κ3) is 3.93. The quantitative estimate of drug-likeness (QED) is 0.765. The van der Waals surface area contributed by atoms with Gasteiger partial charge in [-0.05, 0) is 24.1 Å². The van der Waals surface area contributed by atoms with Crippen LogP contribution in [0.5, 0.6) is 0 Å². The summed E-state index contributed by atoms with van der Waals surface area (Å²) < 4.78 is 5.82. The molecule has 6 nitrogen and oxygen atoms in total. The van der Waals surface area contributed by atoms with Crippen molar-refractivity contribution >= 4 is 22.9 Å². The van der Waals surface area contributed by atoms with Gasteiger partial charge in [0.1, 0.15) is 5.60 Å². The van der Waals surface area contributed by atoms with E-state index in [-0.39, 0.29) is 12.0 Å². The standard InChI is InChI=1S/C23H29N3O3/c1-3-17(4-2)15-26-16-23(29-22(26)28)9-12-25(13-10-23)21(27)19-8-7-18-6-5-11-24-20(18)14-19/h5-8,11,14,17H,3-4,9-10,12-13,15-16H2,1-2H3. The van der Waals surface area contributed by atoms with Crippen molar-refractivity contribution in [3.63, 3.8) is 0 Å². The van der Waals surface area contributed by atoms with E-state index in [4.69, 9.17) is 4.74 Å². The van der Waals surface area contributed by atoms with Crippen molar-refractivity contribution in [2.24, 2.45) is 5.92 Å². The number of hydrogen-bond donors (Lipinski definition) is 0. The van der Waals surface area contributed by atoms with Crippen molar-refractivity contribution in [3.05, 3.63) is 42.1 Å². The minimum atomic E-state index is -0.440. The molecule has 0 aliphatic carbocycles. The van der Waals surface area contributed by atoms with Crippen molar-refractivity contribution < 1.29 is 14.3 Å². The van der Waals surface area contributed by atoms with Crippen LogP contribution in [0.25, 0.3) is 10.9 Å². The molecule has 2 aromatic rings. The molecule has 2 saturated heterocycles. The topological polar surface area (TPSA) is 62.7 Å². The number of ether oxygens (including phenoxy) is 1. The Kier molecular flexibility index (Phi) is 5.43. The third-order valence-corrected chi connectivity index (χ3v) is 6.49. The Morgan fingerprint density at radius 1 is 1.21 bits per heavy atom. The molecule has 0 atom stereocenters. The highest BCUT2D eigenvalue weighted by atomic mass is 16.6. The molecular formula is C23H29N3O3. The molecule has 6 heteroatoms. The lowest BCUT2D eigenvalue weighted by atomic mass is 9.90. The Hall–Kier alpha value is -2.63. The molecule has 0 N–H and O–H groups in total. The number of fused-ring (bicyclic) bond motifs is 1. The van der Waals surface area contributed by atoms with E-state index >= 15 is 0 Å². The SMILES string of the molecule is CCC(CC)CN1CC2(CCN(C(=O)c3ccc4cccnc4c3)CC2)OC1=O. The second-order valence-corrected chi connectivity index (χ2v) is 8.32. The van der Waals surface area contributed by atoms with E-state index in [2.05, 4.69) is 18.8 Å². The maximum Gasteiger partial charge on any atom is 0.410 e. The van der Waals surface area contributed by atoms with Crippen LogP contribution in [0.1, 0.15) is 49.9 Å². The van der Waals surface area contributed by atoms with E-state index in [9.17, 15) is 9.59 Å². The minimum absolute atomic E-state index is 0.0191. The van der Waals surface area contributed by atoms with Gasteiger partial charge in [-0.15, -0.1) is 0 Å². The number of piperidine rings is 1. The number of benzene rings is 1. The number of rotatable bonds is 5. The van der Waals surface area contributed by atoms with Crippen LogP contribution in [0, 0.1) is 5.92 Å². The normalized spacial score (nSPS) is 18.7. The van der Waals surface area contributed by atoms with E-state index in [0.29, 0.717) is 44.0 Å². The lowest BCUT2D eigenvalue weighted by Gasteiger charge is -2.37. The molecule has 4 rings (SSSR count). The van der Waals surface area contributed by atoms with Gasteiger partial charge in [0, 0.05) is 49.6 Å². The smallest absolute Gasteiger partial charge is 0.410 e.